The molecule has 3 N–H and O–H groups in total. The lowest BCUT2D eigenvalue weighted by molar-refractivity contribution is -0.128. The van der Waals surface area contributed by atoms with Gasteiger partial charge in [-0.3, -0.25) is 9.69 Å². The molecule has 4 rings (SSSR count). The first-order valence-corrected chi connectivity index (χ1v) is 8.54. The minimum Gasteiger partial charge on any atom is -0.351 e. The van der Waals surface area contributed by atoms with Gasteiger partial charge in [0.05, 0.1) is 5.92 Å². The molecule has 0 aromatic carbocycles. The fourth-order valence-electron chi connectivity index (χ4n) is 5.42. The van der Waals surface area contributed by atoms with Crippen molar-refractivity contribution in [3.63, 3.8) is 0 Å². The molecule has 22 heavy (non-hydrogen) atoms. The number of hydrogen-bond donors (Lipinski definition) is 2. The number of rotatable bonds is 2. The van der Waals surface area contributed by atoms with E-state index in [0.717, 1.165) is 6.42 Å². The largest absolute Gasteiger partial charge is 0.351 e. The van der Waals surface area contributed by atoms with Gasteiger partial charge in [-0.2, -0.15) is 0 Å². The van der Waals surface area contributed by atoms with Gasteiger partial charge in [-0.25, -0.2) is 0 Å². The Morgan fingerprint density at radius 1 is 1.00 bits per heavy atom. The smallest absolute Gasteiger partial charge is 0.225 e. The third-order valence-corrected chi connectivity index (χ3v) is 6.47. The number of hydrogen-bond acceptors (Lipinski definition) is 3. The topological polar surface area (TPSA) is 58.4 Å². The molecule has 128 valence electrons. The van der Waals surface area contributed by atoms with Crippen LogP contribution in [-0.4, -0.2) is 42.0 Å². The Morgan fingerprint density at radius 2 is 1.77 bits per heavy atom. The molecule has 4 aliphatic rings. The molecule has 2 bridgehead atoms. The minimum absolute atomic E-state index is 0. The van der Waals surface area contributed by atoms with Gasteiger partial charge in [0.2, 0.25) is 5.91 Å². The van der Waals surface area contributed by atoms with Crippen molar-refractivity contribution in [1.82, 2.24) is 10.2 Å². The van der Waals surface area contributed by atoms with Crippen molar-refractivity contribution in [3.05, 3.63) is 0 Å². The molecule has 2 aliphatic carbocycles. The fraction of sp³-hybridized carbons (Fsp3) is 0.938. The molecule has 4 fully saturated rings. The van der Waals surface area contributed by atoms with E-state index >= 15 is 0 Å². The average Bonchev–Trinajstić information content (AvgIpc) is 3.13. The van der Waals surface area contributed by atoms with Gasteiger partial charge in [0, 0.05) is 24.7 Å². The number of nitrogens with one attached hydrogen (secondary N) is 1. The van der Waals surface area contributed by atoms with Crippen LogP contribution in [0.1, 0.15) is 44.9 Å². The van der Waals surface area contributed by atoms with E-state index in [1.165, 1.54) is 51.6 Å². The molecule has 4 nitrogen and oxygen atoms in total. The summed E-state index contributed by atoms with van der Waals surface area (Å²) in [5, 5.41) is 3.37. The van der Waals surface area contributed by atoms with Crippen molar-refractivity contribution < 1.29 is 4.79 Å². The maximum Gasteiger partial charge on any atom is 0.225 e. The SMILES string of the molecule is Cl.Cl.NC1C2CCC(C2)C1C(=O)NC1CCN2CCCCC12. The van der Waals surface area contributed by atoms with Crippen molar-refractivity contribution in [2.75, 3.05) is 13.1 Å². The first kappa shape index (κ1) is 18.3. The van der Waals surface area contributed by atoms with E-state index < -0.39 is 0 Å². The second-order valence-corrected chi connectivity index (χ2v) is 7.44. The van der Waals surface area contributed by atoms with Crippen LogP contribution in [0.4, 0.5) is 0 Å². The van der Waals surface area contributed by atoms with Crippen molar-refractivity contribution in [3.8, 4) is 0 Å². The molecular formula is C16H29Cl2N3O. The van der Waals surface area contributed by atoms with Crippen LogP contribution in [0.2, 0.25) is 0 Å². The molecule has 0 spiro atoms. The molecule has 2 aliphatic heterocycles. The predicted molar refractivity (Wildman–Crippen MR) is 92.6 cm³/mol. The number of amides is 1. The summed E-state index contributed by atoms with van der Waals surface area (Å²) in [6.07, 6.45) is 8.70. The molecule has 1 amide bonds. The quantitative estimate of drug-likeness (QED) is 0.800. The van der Waals surface area contributed by atoms with Gasteiger partial charge < -0.3 is 11.1 Å². The zero-order chi connectivity index (χ0) is 13.7. The molecule has 2 saturated carbocycles. The van der Waals surface area contributed by atoms with E-state index in [4.69, 9.17) is 5.73 Å². The third-order valence-electron chi connectivity index (χ3n) is 6.47. The molecule has 0 aromatic rings. The van der Waals surface area contributed by atoms with E-state index in [9.17, 15) is 4.79 Å². The van der Waals surface area contributed by atoms with Crippen molar-refractivity contribution in [2.24, 2.45) is 23.5 Å². The van der Waals surface area contributed by atoms with Crippen molar-refractivity contribution >= 4 is 30.7 Å². The van der Waals surface area contributed by atoms with Crippen LogP contribution in [0.3, 0.4) is 0 Å². The molecule has 0 aromatic heterocycles. The summed E-state index contributed by atoms with van der Waals surface area (Å²) in [4.78, 5) is 15.2. The normalized spacial score (nSPS) is 43.1. The van der Waals surface area contributed by atoms with Crippen LogP contribution in [0.25, 0.3) is 0 Å². The minimum atomic E-state index is 0. The monoisotopic (exact) mass is 349 g/mol. The number of fused-ring (bicyclic) bond motifs is 3. The summed E-state index contributed by atoms with van der Waals surface area (Å²) in [5.74, 6) is 1.55. The Labute approximate surface area is 145 Å². The van der Waals surface area contributed by atoms with Crippen LogP contribution in [0.5, 0.6) is 0 Å². The number of carbonyl (C=O) groups is 1. The first-order chi connectivity index (χ1) is 9.74. The number of nitrogens with two attached hydrogens (primary N) is 1. The average molecular weight is 350 g/mol. The third kappa shape index (κ3) is 3.00. The summed E-state index contributed by atoms with van der Waals surface area (Å²) >= 11 is 0. The number of carbonyl (C=O) groups excluding carboxylic acids is 1. The Bertz CT molecular complexity index is 407. The van der Waals surface area contributed by atoms with Crippen LogP contribution >= 0.6 is 24.8 Å². The van der Waals surface area contributed by atoms with E-state index in [1.54, 1.807) is 0 Å². The molecule has 6 unspecified atom stereocenters. The number of halogens is 2. The van der Waals surface area contributed by atoms with Gasteiger partial charge in [-0.1, -0.05) is 6.42 Å². The second kappa shape index (κ2) is 7.25. The lowest BCUT2D eigenvalue weighted by Gasteiger charge is -2.34. The molecule has 2 saturated heterocycles. The lowest BCUT2D eigenvalue weighted by atomic mass is 9.84. The highest BCUT2D eigenvalue weighted by Crippen LogP contribution is 2.47. The standard InChI is InChI=1S/C16H27N3O.2ClH/c17-15-11-5-4-10(9-11)14(15)16(20)18-12-6-8-19-7-2-1-3-13(12)19;;/h10-15H,1-9,17H2,(H,18,20);2*1H. The zero-order valence-corrected chi connectivity index (χ0v) is 14.7. The van der Waals surface area contributed by atoms with E-state index in [1.807, 2.05) is 0 Å². The summed E-state index contributed by atoms with van der Waals surface area (Å²) in [7, 11) is 0. The highest BCUT2D eigenvalue weighted by atomic mass is 35.5. The van der Waals surface area contributed by atoms with Crippen LogP contribution in [-0.2, 0) is 4.79 Å². The summed E-state index contributed by atoms with van der Waals surface area (Å²) in [6.45, 7) is 2.39. The Morgan fingerprint density at radius 3 is 2.50 bits per heavy atom. The van der Waals surface area contributed by atoms with E-state index in [2.05, 4.69) is 10.2 Å². The van der Waals surface area contributed by atoms with Gasteiger partial charge in [0.15, 0.2) is 0 Å². The summed E-state index contributed by atoms with van der Waals surface area (Å²) in [5.41, 5.74) is 6.30. The Hall–Kier alpha value is -0.0300. The summed E-state index contributed by atoms with van der Waals surface area (Å²) < 4.78 is 0. The predicted octanol–water partition coefficient (Wildman–Crippen LogP) is 1.95. The summed E-state index contributed by atoms with van der Waals surface area (Å²) in [6, 6.07) is 1.11. The Balaban J connectivity index is 0.000000882. The van der Waals surface area contributed by atoms with E-state index in [-0.39, 0.29) is 42.7 Å². The number of nitrogens with zero attached hydrogens (tertiary/aromatic N) is 1. The maximum absolute atomic E-state index is 12.7. The van der Waals surface area contributed by atoms with Crippen molar-refractivity contribution in [2.45, 2.75) is 63.1 Å². The van der Waals surface area contributed by atoms with Crippen LogP contribution in [0, 0.1) is 17.8 Å². The van der Waals surface area contributed by atoms with E-state index in [0.29, 0.717) is 23.9 Å². The molecular weight excluding hydrogens is 321 g/mol. The lowest BCUT2D eigenvalue weighted by Crippen LogP contribution is -2.52. The Kier molecular flexibility index (Phi) is 6.03. The maximum atomic E-state index is 12.7. The van der Waals surface area contributed by atoms with Gasteiger partial charge in [-0.15, -0.1) is 24.8 Å². The fourth-order valence-corrected chi connectivity index (χ4v) is 5.42. The molecule has 6 atom stereocenters. The van der Waals surface area contributed by atoms with Gasteiger partial charge >= 0.3 is 0 Å². The second-order valence-electron chi connectivity index (χ2n) is 7.44. The zero-order valence-electron chi connectivity index (χ0n) is 13.1. The van der Waals surface area contributed by atoms with Crippen LogP contribution in [0.15, 0.2) is 0 Å². The van der Waals surface area contributed by atoms with Gasteiger partial charge in [0.1, 0.15) is 0 Å². The van der Waals surface area contributed by atoms with Crippen LogP contribution < -0.4 is 11.1 Å². The number of piperidine rings is 1. The molecule has 0 radical (unpaired) electrons. The van der Waals surface area contributed by atoms with Gasteiger partial charge in [-0.05, 0) is 56.9 Å². The molecule has 6 heteroatoms. The van der Waals surface area contributed by atoms with Gasteiger partial charge in [0.25, 0.3) is 0 Å². The van der Waals surface area contributed by atoms with Crippen molar-refractivity contribution in [1.29, 1.82) is 0 Å². The highest BCUT2D eigenvalue weighted by molar-refractivity contribution is 5.85. The first-order valence-electron chi connectivity index (χ1n) is 8.54. The molecule has 2 heterocycles. The highest BCUT2D eigenvalue weighted by Gasteiger charge is 2.50.